The highest BCUT2D eigenvalue weighted by Gasteiger charge is 2.32. The van der Waals surface area contributed by atoms with E-state index in [1.165, 1.54) is 4.90 Å². The zero-order chi connectivity index (χ0) is 24.3. The van der Waals surface area contributed by atoms with E-state index in [9.17, 15) is 22.8 Å². The van der Waals surface area contributed by atoms with Gasteiger partial charge in [0.25, 0.3) is 11.8 Å². The lowest BCUT2D eigenvalue weighted by molar-refractivity contribution is -0.137. The average molecular weight is 470 g/mol. The number of alkyl halides is 3. The Morgan fingerprint density at radius 1 is 1.06 bits per heavy atom. The van der Waals surface area contributed by atoms with Gasteiger partial charge in [-0.25, -0.2) is 0 Å². The maximum Gasteiger partial charge on any atom is 0.416 e. The predicted octanol–water partition coefficient (Wildman–Crippen LogP) is 5.15. The number of nitrogens with zero attached hydrogens (tertiary/aromatic N) is 1. The maximum absolute atomic E-state index is 12.8. The van der Waals surface area contributed by atoms with Gasteiger partial charge < -0.3 is 19.7 Å². The van der Waals surface area contributed by atoms with Crippen LogP contribution in [0.5, 0.6) is 11.5 Å². The largest absolute Gasteiger partial charge is 0.492 e. The Hall–Kier alpha value is -4.01. The van der Waals surface area contributed by atoms with Crippen molar-refractivity contribution in [3.8, 4) is 11.5 Å². The van der Waals surface area contributed by atoms with Crippen LogP contribution < -0.4 is 19.7 Å². The second kappa shape index (κ2) is 9.46. The van der Waals surface area contributed by atoms with Crippen LogP contribution in [0.15, 0.2) is 72.8 Å². The van der Waals surface area contributed by atoms with Crippen molar-refractivity contribution >= 4 is 23.2 Å². The number of hydrogen-bond acceptors (Lipinski definition) is 4. The molecule has 1 heterocycles. The van der Waals surface area contributed by atoms with Gasteiger partial charge in [-0.2, -0.15) is 13.2 Å². The summed E-state index contributed by atoms with van der Waals surface area (Å²) in [7, 11) is 0. The van der Waals surface area contributed by atoms with Gasteiger partial charge in [-0.05, 0) is 61.5 Å². The number of fused-ring (bicyclic) bond motifs is 1. The van der Waals surface area contributed by atoms with E-state index in [4.69, 9.17) is 9.47 Å². The Balaban J connectivity index is 1.49. The molecule has 3 aromatic rings. The summed E-state index contributed by atoms with van der Waals surface area (Å²) < 4.78 is 49.7. The zero-order valence-corrected chi connectivity index (χ0v) is 18.1. The van der Waals surface area contributed by atoms with Crippen LogP contribution in [0.3, 0.4) is 0 Å². The minimum Gasteiger partial charge on any atom is -0.492 e. The molecule has 0 saturated carbocycles. The highest BCUT2D eigenvalue weighted by atomic mass is 19.4. The molecule has 0 radical (unpaired) electrons. The molecule has 34 heavy (non-hydrogen) atoms. The number of hydrogen-bond donors (Lipinski definition) is 1. The van der Waals surface area contributed by atoms with Crippen LogP contribution >= 0.6 is 0 Å². The van der Waals surface area contributed by atoms with Crippen molar-refractivity contribution in [3.63, 3.8) is 0 Å². The Morgan fingerprint density at radius 2 is 1.76 bits per heavy atom. The molecule has 0 spiro atoms. The van der Waals surface area contributed by atoms with E-state index in [0.717, 1.165) is 24.3 Å². The molecule has 4 rings (SSSR count). The SMILES string of the molecule is CC1Oc2ccc(NC(=O)c3ccc(C(F)(F)F)cc3)cc2N(CCOc2ccccc2)C1=O. The summed E-state index contributed by atoms with van der Waals surface area (Å²) in [6.07, 6.45) is -5.16. The van der Waals surface area contributed by atoms with Crippen molar-refractivity contribution in [2.75, 3.05) is 23.4 Å². The van der Waals surface area contributed by atoms with Crippen molar-refractivity contribution < 1.29 is 32.2 Å². The second-order valence-corrected chi connectivity index (χ2v) is 7.62. The predicted molar refractivity (Wildman–Crippen MR) is 120 cm³/mol. The molecule has 1 N–H and O–H groups in total. The van der Waals surface area contributed by atoms with Crippen molar-refractivity contribution in [1.82, 2.24) is 0 Å². The second-order valence-electron chi connectivity index (χ2n) is 7.62. The van der Waals surface area contributed by atoms with Crippen LogP contribution in [0.2, 0.25) is 0 Å². The molecular weight excluding hydrogens is 449 g/mol. The fourth-order valence-electron chi connectivity index (χ4n) is 3.50. The summed E-state index contributed by atoms with van der Waals surface area (Å²) in [6.45, 7) is 2.14. The van der Waals surface area contributed by atoms with Crippen LogP contribution in [0.1, 0.15) is 22.8 Å². The summed E-state index contributed by atoms with van der Waals surface area (Å²) in [5.41, 5.74) is 0.0596. The first-order chi connectivity index (χ1) is 16.2. The number of carbonyl (C=O) groups excluding carboxylic acids is 2. The fourth-order valence-corrected chi connectivity index (χ4v) is 3.50. The minimum atomic E-state index is -4.48. The monoisotopic (exact) mass is 470 g/mol. The number of halogens is 3. The molecule has 0 bridgehead atoms. The third kappa shape index (κ3) is 5.14. The summed E-state index contributed by atoms with van der Waals surface area (Å²) in [6, 6.07) is 17.9. The Bertz CT molecular complexity index is 1180. The first-order valence-electron chi connectivity index (χ1n) is 10.5. The van der Waals surface area contributed by atoms with E-state index in [1.54, 1.807) is 25.1 Å². The Morgan fingerprint density at radius 3 is 2.44 bits per heavy atom. The number of amides is 2. The van der Waals surface area contributed by atoms with E-state index in [1.807, 2.05) is 30.3 Å². The molecule has 3 aromatic carbocycles. The Kier molecular flexibility index (Phi) is 6.45. The molecular formula is C25H21F3N2O4. The van der Waals surface area contributed by atoms with E-state index in [-0.39, 0.29) is 24.6 Å². The number of benzene rings is 3. The van der Waals surface area contributed by atoms with Gasteiger partial charge in [0.15, 0.2) is 6.10 Å². The standard InChI is InChI=1S/C25H21F3N2O4/c1-16-24(32)30(13-14-33-20-5-3-2-4-6-20)21-15-19(11-12-22(21)34-16)29-23(31)17-7-9-18(10-8-17)25(26,27)28/h2-12,15-16H,13-14H2,1H3,(H,29,31). The number of nitrogens with one attached hydrogen (secondary N) is 1. The lowest BCUT2D eigenvalue weighted by Crippen LogP contribution is -2.46. The van der Waals surface area contributed by atoms with Crippen molar-refractivity contribution in [1.29, 1.82) is 0 Å². The van der Waals surface area contributed by atoms with E-state index >= 15 is 0 Å². The number of rotatable bonds is 6. The van der Waals surface area contributed by atoms with Gasteiger partial charge in [0.05, 0.1) is 17.8 Å². The average Bonchev–Trinajstić information content (AvgIpc) is 2.82. The van der Waals surface area contributed by atoms with Crippen LogP contribution in [0.4, 0.5) is 24.5 Å². The minimum absolute atomic E-state index is 0.0692. The molecule has 0 saturated heterocycles. The Labute approximate surface area is 193 Å². The first-order valence-corrected chi connectivity index (χ1v) is 10.5. The normalized spacial score (nSPS) is 15.4. The molecule has 1 aliphatic rings. The first kappa shape index (κ1) is 23.2. The number of ether oxygens (including phenoxy) is 2. The van der Waals surface area contributed by atoms with Gasteiger partial charge in [0.1, 0.15) is 18.1 Å². The van der Waals surface area contributed by atoms with Gasteiger partial charge in [0.2, 0.25) is 0 Å². The van der Waals surface area contributed by atoms with E-state index < -0.39 is 23.8 Å². The summed E-state index contributed by atoms with van der Waals surface area (Å²) in [5, 5.41) is 2.65. The van der Waals surface area contributed by atoms with E-state index in [2.05, 4.69) is 5.32 Å². The molecule has 1 unspecified atom stereocenters. The molecule has 9 heteroatoms. The number of anilines is 2. The van der Waals surface area contributed by atoms with Gasteiger partial charge in [0, 0.05) is 11.3 Å². The van der Waals surface area contributed by atoms with Crippen LogP contribution in [-0.4, -0.2) is 31.1 Å². The maximum atomic E-state index is 12.8. The molecule has 6 nitrogen and oxygen atoms in total. The molecule has 0 aromatic heterocycles. The lowest BCUT2D eigenvalue weighted by atomic mass is 10.1. The van der Waals surface area contributed by atoms with Crippen molar-refractivity contribution in [2.24, 2.45) is 0 Å². The third-order valence-electron chi connectivity index (χ3n) is 5.23. The number of carbonyl (C=O) groups is 2. The smallest absolute Gasteiger partial charge is 0.416 e. The van der Waals surface area contributed by atoms with E-state index in [0.29, 0.717) is 22.9 Å². The highest BCUT2D eigenvalue weighted by molar-refractivity contribution is 6.05. The van der Waals surface area contributed by atoms with Crippen molar-refractivity contribution in [2.45, 2.75) is 19.2 Å². The van der Waals surface area contributed by atoms with Gasteiger partial charge >= 0.3 is 6.18 Å². The van der Waals surface area contributed by atoms with Gasteiger partial charge in [-0.15, -0.1) is 0 Å². The van der Waals surface area contributed by atoms with Crippen molar-refractivity contribution in [3.05, 3.63) is 83.9 Å². The molecule has 0 aliphatic carbocycles. The quantitative estimate of drug-likeness (QED) is 0.541. The van der Waals surface area contributed by atoms with Crippen LogP contribution in [-0.2, 0) is 11.0 Å². The van der Waals surface area contributed by atoms with Crippen LogP contribution in [0.25, 0.3) is 0 Å². The van der Waals surface area contributed by atoms with Crippen LogP contribution in [0, 0.1) is 0 Å². The third-order valence-corrected chi connectivity index (χ3v) is 5.23. The topological polar surface area (TPSA) is 67.9 Å². The molecule has 1 aliphatic heterocycles. The molecule has 176 valence electrons. The summed E-state index contributed by atoms with van der Waals surface area (Å²) in [5.74, 6) is 0.313. The molecule has 1 atom stereocenters. The molecule has 0 fully saturated rings. The lowest BCUT2D eigenvalue weighted by Gasteiger charge is -2.33. The number of para-hydroxylation sites is 1. The highest BCUT2D eigenvalue weighted by Crippen LogP contribution is 2.36. The van der Waals surface area contributed by atoms with Gasteiger partial charge in [-0.3, -0.25) is 9.59 Å². The summed E-state index contributed by atoms with van der Waals surface area (Å²) in [4.78, 5) is 26.8. The summed E-state index contributed by atoms with van der Waals surface area (Å²) >= 11 is 0. The fraction of sp³-hybridized carbons (Fsp3) is 0.200. The molecule has 2 amide bonds. The zero-order valence-electron chi connectivity index (χ0n) is 18.1. The van der Waals surface area contributed by atoms with Gasteiger partial charge in [-0.1, -0.05) is 18.2 Å².